The average Bonchev–Trinajstić information content (AvgIpc) is 3.43. The number of nitrogens with zero attached hydrogens (tertiary/aromatic N) is 6. The maximum atomic E-state index is 12.8. The molecule has 7 nitrogen and oxygen atoms in total. The minimum atomic E-state index is 0.193. The number of imidazole rings is 1. The zero-order valence-electron chi connectivity index (χ0n) is 18.6. The van der Waals surface area contributed by atoms with E-state index in [1.807, 2.05) is 46.1 Å². The monoisotopic (exact) mass is 428 g/mol. The van der Waals surface area contributed by atoms with Crippen LogP contribution >= 0.6 is 0 Å². The number of aryl methyl sites for hydroxylation is 2. The van der Waals surface area contributed by atoms with Crippen molar-refractivity contribution in [3.05, 3.63) is 83.6 Å². The Kier molecular flexibility index (Phi) is 5.49. The zero-order chi connectivity index (χ0) is 22.1. The van der Waals surface area contributed by atoms with Crippen LogP contribution in [0.5, 0.6) is 0 Å². The third kappa shape index (κ3) is 4.16. The van der Waals surface area contributed by atoms with Crippen LogP contribution in [-0.2, 0) is 17.8 Å². The van der Waals surface area contributed by atoms with E-state index in [1.54, 1.807) is 6.20 Å². The second-order valence-corrected chi connectivity index (χ2v) is 8.53. The van der Waals surface area contributed by atoms with Gasteiger partial charge in [0.25, 0.3) is 0 Å². The van der Waals surface area contributed by atoms with E-state index in [-0.39, 0.29) is 5.91 Å². The highest BCUT2D eigenvalue weighted by molar-refractivity contribution is 5.79. The van der Waals surface area contributed by atoms with E-state index in [9.17, 15) is 4.79 Å². The van der Waals surface area contributed by atoms with Crippen LogP contribution in [0, 0.1) is 13.8 Å². The number of hydrogen-bond acceptors (Lipinski definition) is 4. The molecule has 4 heterocycles. The minimum absolute atomic E-state index is 0.193. The van der Waals surface area contributed by atoms with Crippen LogP contribution in [0.2, 0.25) is 0 Å². The molecule has 0 aliphatic carbocycles. The van der Waals surface area contributed by atoms with Crippen molar-refractivity contribution in [2.45, 2.75) is 26.8 Å². The van der Waals surface area contributed by atoms with Crippen molar-refractivity contribution < 1.29 is 4.79 Å². The second kappa shape index (κ2) is 8.59. The Morgan fingerprint density at radius 3 is 2.50 bits per heavy atom. The van der Waals surface area contributed by atoms with Gasteiger partial charge in [-0.3, -0.25) is 9.69 Å². The summed E-state index contributed by atoms with van der Waals surface area (Å²) < 4.78 is 4.00. The normalized spacial score (nSPS) is 14.9. The van der Waals surface area contributed by atoms with Crippen molar-refractivity contribution in [2.24, 2.45) is 0 Å². The molecule has 0 spiro atoms. The summed E-state index contributed by atoms with van der Waals surface area (Å²) >= 11 is 0. The van der Waals surface area contributed by atoms with E-state index in [0.717, 1.165) is 55.3 Å². The van der Waals surface area contributed by atoms with Gasteiger partial charge in [-0.15, -0.1) is 0 Å². The van der Waals surface area contributed by atoms with Gasteiger partial charge in [0.15, 0.2) is 0 Å². The Morgan fingerprint density at radius 1 is 1.00 bits per heavy atom. The van der Waals surface area contributed by atoms with Gasteiger partial charge in [-0.2, -0.15) is 5.10 Å². The van der Waals surface area contributed by atoms with Gasteiger partial charge in [-0.25, -0.2) is 9.67 Å². The molecule has 7 heteroatoms. The molecule has 0 bridgehead atoms. The van der Waals surface area contributed by atoms with E-state index in [2.05, 4.69) is 46.6 Å². The molecule has 1 amide bonds. The fourth-order valence-corrected chi connectivity index (χ4v) is 4.35. The Balaban J connectivity index is 1.17. The molecule has 3 aromatic heterocycles. The lowest BCUT2D eigenvalue weighted by atomic mass is 10.1. The molecule has 0 atom stereocenters. The summed E-state index contributed by atoms with van der Waals surface area (Å²) in [5.41, 5.74) is 6.56. The Bertz CT molecular complexity index is 1220. The van der Waals surface area contributed by atoms with Crippen molar-refractivity contribution in [1.29, 1.82) is 0 Å². The first-order valence-electron chi connectivity index (χ1n) is 11.1. The van der Waals surface area contributed by atoms with Gasteiger partial charge in [-0.05, 0) is 55.3 Å². The van der Waals surface area contributed by atoms with Crippen molar-refractivity contribution in [2.75, 3.05) is 26.2 Å². The summed E-state index contributed by atoms with van der Waals surface area (Å²) in [6.07, 6.45) is 6.21. The standard InChI is InChI=1S/C25H28N6O/c1-19-8-11-30-23(20(2)27-24(30)16-19)18-28-12-14-29(15-13-28)25(32)17-21-4-6-22(7-5-21)31-10-3-9-26-31/h3-11,16H,12-15,17-18H2,1-2H3. The summed E-state index contributed by atoms with van der Waals surface area (Å²) in [7, 11) is 0. The summed E-state index contributed by atoms with van der Waals surface area (Å²) in [5, 5.41) is 4.24. The lowest BCUT2D eigenvalue weighted by Crippen LogP contribution is -2.48. The number of benzene rings is 1. The van der Waals surface area contributed by atoms with Crippen molar-refractivity contribution in [3.63, 3.8) is 0 Å². The minimum Gasteiger partial charge on any atom is -0.340 e. The molecule has 0 saturated carbocycles. The number of fused-ring (bicyclic) bond motifs is 1. The first kappa shape index (κ1) is 20.5. The van der Waals surface area contributed by atoms with Gasteiger partial charge in [0.05, 0.1) is 23.5 Å². The zero-order valence-corrected chi connectivity index (χ0v) is 18.6. The molecule has 5 rings (SSSR count). The molecular formula is C25H28N6O. The van der Waals surface area contributed by atoms with Crippen LogP contribution in [0.15, 0.2) is 61.1 Å². The summed E-state index contributed by atoms with van der Waals surface area (Å²) in [5.74, 6) is 0.193. The first-order valence-corrected chi connectivity index (χ1v) is 11.1. The average molecular weight is 429 g/mol. The molecule has 1 aromatic carbocycles. The molecule has 0 N–H and O–H groups in total. The van der Waals surface area contributed by atoms with Crippen molar-refractivity contribution >= 4 is 11.6 Å². The lowest BCUT2D eigenvalue weighted by Gasteiger charge is -2.34. The fraction of sp³-hybridized carbons (Fsp3) is 0.320. The maximum Gasteiger partial charge on any atom is 0.227 e. The molecule has 1 fully saturated rings. The Labute approximate surface area is 187 Å². The van der Waals surface area contributed by atoms with Gasteiger partial charge < -0.3 is 9.30 Å². The molecule has 0 unspecified atom stereocenters. The van der Waals surface area contributed by atoms with Crippen molar-refractivity contribution in [3.8, 4) is 5.69 Å². The van der Waals surface area contributed by atoms with Crippen LogP contribution in [0.1, 0.15) is 22.5 Å². The van der Waals surface area contributed by atoms with Crippen LogP contribution in [0.3, 0.4) is 0 Å². The van der Waals surface area contributed by atoms with E-state index >= 15 is 0 Å². The summed E-state index contributed by atoms with van der Waals surface area (Å²) in [6.45, 7) is 8.30. The van der Waals surface area contributed by atoms with Crippen LogP contribution in [0.25, 0.3) is 11.3 Å². The number of carbonyl (C=O) groups excluding carboxylic acids is 1. The molecule has 1 aliphatic heterocycles. The quantitative estimate of drug-likeness (QED) is 0.490. The number of rotatable bonds is 5. The van der Waals surface area contributed by atoms with Crippen LogP contribution in [-0.4, -0.2) is 61.1 Å². The predicted octanol–water partition coefficient (Wildman–Crippen LogP) is 3.02. The topological polar surface area (TPSA) is 58.7 Å². The fourth-order valence-electron chi connectivity index (χ4n) is 4.35. The van der Waals surface area contributed by atoms with Gasteiger partial charge in [0.1, 0.15) is 5.65 Å². The number of piperazine rings is 1. The molecule has 1 aliphatic rings. The number of pyridine rings is 1. The summed E-state index contributed by atoms with van der Waals surface area (Å²) in [4.78, 5) is 22.0. The summed E-state index contributed by atoms with van der Waals surface area (Å²) in [6, 6.07) is 14.2. The smallest absolute Gasteiger partial charge is 0.227 e. The van der Waals surface area contributed by atoms with Crippen LogP contribution in [0.4, 0.5) is 0 Å². The largest absolute Gasteiger partial charge is 0.340 e. The van der Waals surface area contributed by atoms with E-state index < -0.39 is 0 Å². The van der Waals surface area contributed by atoms with E-state index in [0.29, 0.717) is 6.42 Å². The van der Waals surface area contributed by atoms with Crippen molar-refractivity contribution in [1.82, 2.24) is 29.0 Å². The predicted molar refractivity (Wildman–Crippen MR) is 124 cm³/mol. The number of carbonyl (C=O) groups is 1. The van der Waals surface area contributed by atoms with Gasteiger partial charge >= 0.3 is 0 Å². The molecule has 32 heavy (non-hydrogen) atoms. The number of amides is 1. The number of aromatic nitrogens is 4. The molecule has 4 aromatic rings. The highest BCUT2D eigenvalue weighted by Crippen LogP contribution is 2.17. The lowest BCUT2D eigenvalue weighted by molar-refractivity contribution is -0.132. The first-order chi connectivity index (χ1) is 15.6. The highest BCUT2D eigenvalue weighted by Gasteiger charge is 2.22. The third-order valence-electron chi connectivity index (χ3n) is 6.24. The SMILES string of the molecule is Cc1ccn2c(CN3CCN(C(=O)Cc4ccc(-n5cccn5)cc4)CC3)c(C)nc2c1. The maximum absolute atomic E-state index is 12.8. The Hall–Kier alpha value is -3.45. The highest BCUT2D eigenvalue weighted by atomic mass is 16.2. The van der Waals surface area contributed by atoms with E-state index in [1.165, 1.54) is 11.3 Å². The molecule has 0 radical (unpaired) electrons. The Morgan fingerprint density at radius 2 is 1.78 bits per heavy atom. The third-order valence-corrected chi connectivity index (χ3v) is 6.24. The van der Waals surface area contributed by atoms with Crippen LogP contribution < -0.4 is 0 Å². The van der Waals surface area contributed by atoms with Gasteiger partial charge in [-0.1, -0.05) is 12.1 Å². The second-order valence-electron chi connectivity index (χ2n) is 8.53. The van der Waals surface area contributed by atoms with Gasteiger partial charge in [0, 0.05) is 51.3 Å². The molecular weight excluding hydrogens is 400 g/mol. The number of hydrogen-bond donors (Lipinski definition) is 0. The molecule has 1 saturated heterocycles. The molecule has 164 valence electrons. The van der Waals surface area contributed by atoms with Gasteiger partial charge in [0.2, 0.25) is 5.91 Å². The van der Waals surface area contributed by atoms with E-state index in [4.69, 9.17) is 4.98 Å².